The van der Waals surface area contributed by atoms with Crippen molar-refractivity contribution >= 4 is 11.9 Å². The van der Waals surface area contributed by atoms with Gasteiger partial charge in [-0.05, 0) is 6.92 Å². The molecule has 1 amide bonds. The highest BCUT2D eigenvalue weighted by Gasteiger charge is 2.25. The molecule has 0 fully saturated rings. The first-order valence-corrected chi connectivity index (χ1v) is 4.39. The SMILES string of the molecule is C#CC(C)NC(=O)C(C)C(C)C(=O)O. The van der Waals surface area contributed by atoms with Gasteiger partial charge in [-0.1, -0.05) is 19.8 Å². The van der Waals surface area contributed by atoms with Crippen LogP contribution in [-0.4, -0.2) is 23.0 Å². The number of carbonyl (C=O) groups excluding carboxylic acids is 1. The summed E-state index contributed by atoms with van der Waals surface area (Å²) in [5, 5.41) is 11.2. The minimum atomic E-state index is -0.985. The number of amides is 1. The van der Waals surface area contributed by atoms with Crippen molar-refractivity contribution in [2.75, 3.05) is 0 Å². The molecular formula is C10H15NO3. The molecule has 2 N–H and O–H groups in total. The molecule has 0 aromatic carbocycles. The fourth-order valence-electron chi connectivity index (χ4n) is 0.827. The van der Waals surface area contributed by atoms with Crippen molar-refractivity contribution < 1.29 is 14.7 Å². The maximum Gasteiger partial charge on any atom is 0.307 e. The Hall–Kier alpha value is -1.50. The van der Waals surface area contributed by atoms with E-state index < -0.39 is 17.8 Å². The Morgan fingerprint density at radius 1 is 1.29 bits per heavy atom. The summed E-state index contributed by atoms with van der Waals surface area (Å²) >= 11 is 0. The predicted molar refractivity (Wildman–Crippen MR) is 52.4 cm³/mol. The highest BCUT2D eigenvalue weighted by Crippen LogP contribution is 2.11. The number of rotatable bonds is 4. The Morgan fingerprint density at radius 3 is 2.14 bits per heavy atom. The number of hydrogen-bond donors (Lipinski definition) is 2. The Balaban J connectivity index is 4.27. The number of nitrogens with one attached hydrogen (secondary N) is 1. The van der Waals surface area contributed by atoms with E-state index in [0.717, 1.165) is 0 Å². The van der Waals surface area contributed by atoms with Crippen molar-refractivity contribution in [1.29, 1.82) is 0 Å². The summed E-state index contributed by atoms with van der Waals surface area (Å²) in [6.07, 6.45) is 5.08. The third-order valence-electron chi connectivity index (χ3n) is 2.16. The second kappa shape index (κ2) is 5.28. The largest absolute Gasteiger partial charge is 0.481 e. The van der Waals surface area contributed by atoms with Crippen LogP contribution in [0.4, 0.5) is 0 Å². The molecule has 3 unspecified atom stereocenters. The standard InChI is InChI=1S/C10H15NO3/c1-5-6(2)11-9(12)7(3)8(4)10(13)14/h1,6-8H,2-4H3,(H,11,12)(H,13,14). The van der Waals surface area contributed by atoms with Crippen molar-refractivity contribution in [2.45, 2.75) is 26.8 Å². The van der Waals surface area contributed by atoms with Crippen LogP contribution in [0.5, 0.6) is 0 Å². The van der Waals surface area contributed by atoms with Gasteiger partial charge < -0.3 is 10.4 Å². The zero-order valence-corrected chi connectivity index (χ0v) is 8.57. The summed E-state index contributed by atoms with van der Waals surface area (Å²) in [6, 6.07) is -0.369. The molecule has 78 valence electrons. The summed E-state index contributed by atoms with van der Waals surface area (Å²) in [5.74, 6) is -0.263. The van der Waals surface area contributed by atoms with Gasteiger partial charge in [-0.25, -0.2) is 0 Å². The van der Waals surface area contributed by atoms with Crippen molar-refractivity contribution in [2.24, 2.45) is 11.8 Å². The molecule has 0 spiro atoms. The molecule has 4 heteroatoms. The average Bonchev–Trinajstić information content (AvgIpc) is 2.14. The van der Waals surface area contributed by atoms with Crippen molar-refractivity contribution in [3.05, 3.63) is 0 Å². The molecule has 0 aliphatic rings. The van der Waals surface area contributed by atoms with E-state index in [-0.39, 0.29) is 11.9 Å². The van der Waals surface area contributed by atoms with Crippen LogP contribution in [0.3, 0.4) is 0 Å². The second-order valence-corrected chi connectivity index (χ2v) is 3.31. The molecule has 14 heavy (non-hydrogen) atoms. The number of carboxylic acid groups (broad SMARTS) is 1. The molecule has 0 heterocycles. The van der Waals surface area contributed by atoms with Gasteiger partial charge >= 0.3 is 5.97 Å². The zero-order chi connectivity index (χ0) is 11.3. The van der Waals surface area contributed by atoms with Gasteiger partial charge in [-0.15, -0.1) is 6.42 Å². The van der Waals surface area contributed by atoms with E-state index in [1.54, 1.807) is 13.8 Å². The lowest BCUT2D eigenvalue weighted by Gasteiger charge is -2.16. The lowest BCUT2D eigenvalue weighted by molar-refractivity contribution is -0.146. The molecular weight excluding hydrogens is 182 g/mol. The molecule has 0 radical (unpaired) electrons. The first-order valence-electron chi connectivity index (χ1n) is 4.39. The monoisotopic (exact) mass is 197 g/mol. The van der Waals surface area contributed by atoms with Crippen LogP contribution in [0.2, 0.25) is 0 Å². The molecule has 0 aromatic rings. The first-order chi connectivity index (χ1) is 6.40. The number of terminal acetylenes is 1. The third-order valence-corrected chi connectivity index (χ3v) is 2.16. The van der Waals surface area contributed by atoms with E-state index in [2.05, 4.69) is 11.2 Å². The fourth-order valence-corrected chi connectivity index (χ4v) is 0.827. The maximum atomic E-state index is 11.4. The molecule has 0 bridgehead atoms. The van der Waals surface area contributed by atoms with Crippen LogP contribution >= 0.6 is 0 Å². The van der Waals surface area contributed by atoms with Crippen LogP contribution < -0.4 is 5.32 Å². The van der Waals surface area contributed by atoms with Gasteiger partial charge in [0.2, 0.25) is 5.91 Å². The maximum absolute atomic E-state index is 11.4. The van der Waals surface area contributed by atoms with Gasteiger partial charge in [0.25, 0.3) is 0 Å². The molecule has 0 aromatic heterocycles. The highest BCUT2D eigenvalue weighted by atomic mass is 16.4. The van der Waals surface area contributed by atoms with Crippen LogP contribution in [-0.2, 0) is 9.59 Å². The molecule has 0 rings (SSSR count). The van der Waals surface area contributed by atoms with Gasteiger partial charge in [0.15, 0.2) is 0 Å². The minimum absolute atomic E-state index is 0.328. The Labute approximate surface area is 83.7 Å². The van der Waals surface area contributed by atoms with Crippen LogP contribution in [0, 0.1) is 24.2 Å². The van der Waals surface area contributed by atoms with Gasteiger partial charge in [0.05, 0.1) is 12.0 Å². The topological polar surface area (TPSA) is 66.4 Å². The highest BCUT2D eigenvalue weighted by molar-refractivity contribution is 5.84. The number of aliphatic carboxylic acids is 1. The van der Waals surface area contributed by atoms with Crippen LogP contribution in [0.25, 0.3) is 0 Å². The smallest absolute Gasteiger partial charge is 0.307 e. The number of carboxylic acids is 1. The van der Waals surface area contributed by atoms with Crippen molar-refractivity contribution in [3.63, 3.8) is 0 Å². The molecule has 3 atom stereocenters. The van der Waals surface area contributed by atoms with Gasteiger partial charge in [0, 0.05) is 5.92 Å². The summed E-state index contributed by atoms with van der Waals surface area (Å²) in [4.78, 5) is 22.0. The summed E-state index contributed by atoms with van der Waals surface area (Å²) in [7, 11) is 0. The summed E-state index contributed by atoms with van der Waals surface area (Å²) < 4.78 is 0. The normalized spacial score (nSPS) is 16.1. The van der Waals surface area contributed by atoms with E-state index in [9.17, 15) is 9.59 Å². The van der Waals surface area contributed by atoms with E-state index in [1.165, 1.54) is 6.92 Å². The zero-order valence-electron chi connectivity index (χ0n) is 8.57. The van der Waals surface area contributed by atoms with Crippen LogP contribution in [0.1, 0.15) is 20.8 Å². The van der Waals surface area contributed by atoms with Gasteiger partial charge in [0.1, 0.15) is 0 Å². The van der Waals surface area contributed by atoms with E-state index in [0.29, 0.717) is 0 Å². The molecule has 4 nitrogen and oxygen atoms in total. The quantitative estimate of drug-likeness (QED) is 0.644. The third kappa shape index (κ3) is 3.48. The summed E-state index contributed by atoms with van der Waals surface area (Å²) in [6.45, 7) is 4.72. The van der Waals surface area contributed by atoms with E-state index >= 15 is 0 Å². The van der Waals surface area contributed by atoms with Crippen molar-refractivity contribution in [1.82, 2.24) is 5.32 Å². The van der Waals surface area contributed by atoms with Crippen LogP contribution in [0.15, 0.2) is 0 Å². The Bertz CT molecular complexity index is 267. The fraction of sp³-hybridized carbons (Fsp3) is 0.600. The molecule has 0 aliphatic carbocycles. The Morgan fingerprint density at radius 2 is 1.79 bits per heavy atom. The van der Waals surface area contributed by atoms with E-state index in [1.807, 2.05) is 0 Å². The summed E-state index contributed by atoms with van der Waals surface area (Å²) in [5.41, 5.74) is 0. The molecule has 0 saturated heterocycles. The first kappa shape index (κ1) is 12.5. The average molecular weight is 197 g/mol. The van der Waals surface area contributed by atoms with Gasteiger partial charge in [-0.3, -0.25) is 9.59 Å². The lowest BCUT2D eigenvalue weighted by Crippen LogP contribution is -2.39. The molecule has 0 aliphatic heterocycles. The second-order valence-electron chi connectivity index (χ2n) is 3.31. The van der Waals surface area contributed by atoms with E-state index in [4.69, 9.17) is 11.5 Å². The number of hydrogen-bond acceptors (Lipinski definition) is 2. The molecule has 0 saturated carbocycles. The lowest BCUT2D eigenvalue weighted by atomic mass is 9.95. The van der Waals surface area contributed by atoms with Gasteiger partial charge in [-0.2, -0.15) is 0 Å². The minimum Gasteiger partial charge on any atom is -0.481 e. The Kier molecular flexibility index (Phi) is 4.71. The number of carbonyl (C=O) groups is 2. The predicted octanol–water partition coefficient (Wildman–Crippen LogP) is 0.481. The van der Waals surface area contributed by atoms with Crippen molar-refractivity contribution in [3.8, 4) is 12.3 Å².